The Balaban J connectivity index is 0.00000144. The number of nitrogens with zero attached hydrogens (tertiary/aromatic N) is 8. The summed E-state index contributed by atoms with van der Waals surface area (Å²) in [6.07, 6.45) is 24.9. The first kappa shape index (κ1) is 44.6. The molecule has 0 amide bonds. The molecule has 0 saturated heterocycles. The molecule has 2 aliphatic rings. The molecule has 0 spiro atoms. The monoisotopic (exact) mass is 883 g/mol. The Morgan fingerprint density at radius 3 is 0.719 bits per heavy atom. The quantitative estimate of drug-likeness (QED) is 0.135. The van der Waals surface area contributed by atoms with E-state index in [1.54, 1.807) is 0 Å². The molecule has 9 heterocycles. The molecular weight excluding hydrogens is 846 g/mol. The number of hydrogen-bond donors (Lipinski definition) is 0. The van der Waals surface area contributed by atoms with E-state index < -0.39 is 0 Å². The zero-order valence-electron chi connectivity index (χ0n) is 31.4. The number of hydrogen-bond acceptors (Lipinski definition) is 2. The third kappa shape index (κ3) is 8.60. The molecule has 0 N–H and O–H groups in total. The van der Waals surface area contributed by atoms with Crippen molar-refractivity contribution in [3.63, 3.8) is 0 Å². The summed E-state index contributed by atoms with van der Waals surface area (Å²) in [5.74, 6) is 0. The van der Waals surface area contributed by atoms with Gasteiger partial charge in [0.2, 0.25) is 0 Å². The van der Waals surface area contributed by atoms with Gasteiger partial charge in [-0.2, -0.15) is 0 Å². The van der Waals surface area contributed by atoms with Gasteiger partial charge in [0.1, 0.15) is 28.2 Å². The van der Waals surface area contributed by atoms with E-state index in [4.69, 9.17) is 19.9 Å². The Morgan fingerprint density at radius 2 is 0.526 bits per heavy atom. The van der Waals surface area contributed by atoms with Gasteiger partial charge in [0, 0.05) is 48.5 Å². The van der Waals surface area contributed by atoms with Gasteiger partial charge < -0.3 is 9.97 Å². The zero-order chi connectivity index (χ0) is 35.3. The molecule has 9 rings (SSSR count). The Hall–Kier alpha value is -5.12. The predicted molar refractivity (Wildman–Crippen MR) is 232 cm³/mol. The van der Waals surface area contributed by atoms with Crippen molar-refractivity contribution in [2.24, 2.45) is 28.2 Å². The van der Waals surface area contributed by atoms with Gasteiger partial charge in [-0.1, -0.05) is 24.3 Å². The van der Waals surface area contributed by atoms with Crippen LogP contribution in [0.15, 0.2) is 122 Å². The van der Waals surface area contributed by atoms with E-state index in [0.717, 1.165) is 89.4 Å². The van der Waals surface area contributed by atoms with E-state index in [-0.39, 0.29) is 66.7 Å². The van der Waals surface area contributed by atoms with Crippen molar-refractivity contribution in [3.05, 3.63) is 145 Å². The summed E-state index contributed by atoms with van der Waals surface area (Å²) in [6, 6.07) is 25.4. The molecule has 0 aromatic carbocycles. The van der Waals surface area contributed by atoms with Gasteiger partial charge in [-0.05, 0) is 68.8 Å². The van der Waals surface area contributed by atoms with Crippen LogP contribution < -0.4 is 28.2 Å². The summed E-state index contributed by atoms with van der Waals surface area (Å²) in [6.45, 7) is 0. The van der Waals surface area contributed by atoms with Crippen molar-refractivity contribution in [1.29, 1.82) is 0 Å². The number of rotatable bonds is 4. The van der Waals surface area contributed by atoms with E-state index >= 15 is 0 Å². The molecule has 57 heavy (non-hydrogen) atoms. The Morgan fingerprint density at radius 1 is 0.333 bits per heavy atom. The van der Waals surface area contributed by atoms with Gasteiger partial charge in [0.05, 0.1) is 22.8 Å². The smallest absolute Gasteiger partial charge is 0.657 e. The van der Waals surface area contributed by atoms with Gasteiger partial charge in [-0.25, -0.2) is 28.2 Å². The summed E-state index contributed by atoms with van der Waals surface area (Å²) in [5, 5.41) is 0. The van der Waals surface area contributed by atoms with Crippen LogP contribution in [0.2, 0.25) is 0 Å². The minimum absolute atomic E-state index is 0. The van der Waals surface area contributed by atoms with Crippen molar-refractivity contribution in [3.8, 4) is 44.5 Å². The Kier molecular flexibility index (Phi) is 14.4. The van der Waals surface area contributed by atoms with Crippen LogP contribution in [0.3, 0.4) is 0 Å². The summed E-state index contributed by atoms with van der Waals surface area (Å²) in [7, 11) is 8.10. The van der Waals surface area contributed by atoms with E-state index in [9.17, 15) is 0 Å². The summed E-state index contributed by atoms with van der Waals surface area (Å²) in [5.41, 5.74) is 14.7. The van der Waals surface area contributed by atoms with Gasteiger partial charge in [0.25, 0.3) is 0 Å². The topological polar surface area (TPSA) is 69.5 Å². The van der Waals surface area contributed by atoms with Crippen LogP contribution in [0.4, 0.5) is 0 Å². The fraction of sp³-hybridized carbons (Fsp3) is 0.0909. The third-order valence-electron chi connectivity index (χ3n) is 9.68. The Labute approximate surface area is 366 Å². The molecule has 0 saturated carbocycles. The van der Waals surface area contributed by atoms with Gasteiger partial charge in [-0.15, -0.1) is 71.7 Å². The minimum Gasteiger partial charge on any atom is -0.657 e. The van der Waals surface area contributed by atoms with Crippen molar-refractivity contribution < 1.29 is 35.3 Å². The molecule has 0 fully saturated rings. The number of aryl methyl sites for hydroxylation is 4. The van der Waals surface area contributed by atoms with Crippen LogP contribution >= 0.6 is 49.6 Å². The first-order valence-corrected chi connectivity index (χ1v) is 17.3. The zero-order valence-corrected chi connectivity index (χ0v) is 35.6. The largest absolute Gasteiger partial charge is 2.00 e. The molecule has 13 heteroatoms. The van der Waals surface area contributed by atoms with Gasteiger partial charge >= 0.3 is 17.1 Å². The molecule has 7 aromatic rings. The standard InChI is InChI=1S/C44H36N8.4ClH.Cu/c1-49-21-13-29(14-22-49)41-33-5-7-35(45-33)42(30-15-23-50(2)24-16-30)37-9-11-39(47-37)44(32-19-27-52(4)28-20-32)40-12-10-38(48-40)43(36-8-6-34(41)46-36)31-17-25-51(3)26-18-31;;;;;/h5-28H,1-4H3;4*1H;/q+2;;;;;+2. The van der Waals surface area contributed by atoms with E-state index in [1.165, 1.54) is 0 Å². The molecule has 7 aromatic heterocycles. The molecular formula is C44H40Cl4CuN8+4. The maximum absolute atomic E-state index is 5.35. The SMILES string of the molecule is C[n+]1ccc(-c2c3nc(c(-c4cc[n+](C)cc4)c4ccc([n-]4)c(-c4cc[n+](C)cc4)c4nc(c(-c5cc[n+](C)cc5)c5ccc2[n-]5)C=C4)C=C3)cc1.Cl.Cl.Cl.Cl.[Cu+2]. The third-order valence-corrected chi connectivity index (χ3v) is 9.68. The second-order valence-electron chi connectivity index (χ2n) is 13.4. The van der Waals surface area contributed by atoms with Gasteiger partial charge in [0.15, 0.2) is 49.6 Å². The molecule has 0 atom stereocenters. The number of aromatic nitrogens is 8. The Bertz CT molecular complexity index is 2390. The van der Waals surface area contributed by atoms with Crippen LogP contribution in [0.5, 0.6) is 0 Å². The second kappa shape index (κ2) is 18.4. The maximum atomic E-state index is 5.35. The fourth-order valence-electron chi connectivity index (χ4n) is 6.94. The van der Waals surface area contributed by atoms with Crippen molar-refractivity contribution >= 4 is 96.0 Å². The predicted octanol–water partition coefficient (Wildman–Crippen LogP) is 7.56. The summed E-state index contributed by atoms with van der Waals surface area (Å²) in [4.78, 5) is 21.4. The van der Waals surface area contributed by atoms with Crippen LogP contribution in [0, 0.1) is 0 Å². The van der Waals surface area contributed by atoms with E-state index in [2.05, 4.69) is 147 Å². The maximum Gasteiger partial charge on any atom is 2.00 e. The first-order valence-electron chi connectivity index (χ1n) is 17.3. The molecule has 8 nitrogen and oxygen atoms in total. The van der Waals surface area contributed by atoms with Crippen LogP contribution in [-0.2, 0) is 45.3 Å². The molecule has 291 valence electrons. The molecule has 1 radical (unpaired) electrons. The van der Waals surface area contributed by atoms with Crippen LogP contribution in [0.25, 0.3) is 90.9 Å². The molecule has 0 aliphatic carbocycles. The second-order valence-corrected chi connectivity index (χ2v) is 13.4. The van der Waals surface area contributed by atoms with Crippen molar-refractivity contribution in [1.82, 2.24) is 19.9 Å². The molecule has 2 aliphatic heterocycles. The molecule has 0 unspecified atom stereocenters. The van der Waals surface area contributed by atoms with Crippen molar-refractivity contribution in [2.75, 3.05) is 0 Å². The van der Waals surface area contributed by atoms with E-state index in [1.807, 2.05) is 46.5 Å². The normalized spacial score (nSPS) is 11.0. The van der Waals surface area contributed by atoms with Crippen LogP contribution in [-0.4, -0.2) is 9.97 Å². The van der Waals surface area contributed by atoms with Crippen molar-refractivity contribution in [2.45, 2.75) is 0 Å². The first-order chi connectivity index (χ1) is 25.4. The molecule has 8 bridgehead atoms. The number of fused-ring (bicyclic) bond motifs is 8. The average Bonchev–Trinajstić information content (AvgIpc) is 3.99. The minimum atomic E-state index is 0. The summed E-state index contributed by atoms with van der Waals surface area (Å²) < 4.78 is 8.14. The van der Waals surface area contributed by atoms with E-state index in [0.29, 0.717) is 0 Å². The number of pyridine rings is 4. The summed E-state index contributed by atoms with van der Waals surface area (Å²) >= 11 is 0. The average molecular weight is 886 g/mol. The van der Waals surface area contributed by atoms with Crippen LogP contribution in [0.1, 0.15) is 22.8 Å². The van der Waals surface area contributed by atoms with Gasteiger partial charge in [-0.3, -0.25) is 0 Å². The number of halogens is 4. The fourth-order valence-corrected chi connectivity index (χ4v) is 6.94.